The lowest BCUT2D eigenvalue weighted by atomic mass is 10.1. The third kappa shape index (κ3) is 3.44. The van der Waals surface area contributed by atoms with E-state index in [9.17, 15) is 15.0 Å². The molecule has 1 amide bonds. The van der Waals surface area contributed by atoms with E-state index in [0.29, 0.717) is 5.56 Å². The van der Waals surface area contributed by atoms with Crippen LogP contribution in [0.2, 0.25) is 5.15 Å². The van der Waals surface area contributed by atoms with Crippen LogP contribution in [0.15, 0.2) is 18.3 Å². The lowest BCUT2D eigenvalue weighted by molar-refractivity contribution is -0.119. The highest BCUT2D eigenvalue weighted by Gasteiger charge is 2.21. The number of aromatic nitrogens is 1. The number of rotatable bonds is 4. The molecule has 1 aromatic rings. The van der Waals surface area contributed by atoms with Crippen molar-refractivity contribution in [2.24, 2.45) is 0 Å². The van der Waals surface area contributed by atoms with E-state index in [0.717, 1.165) is 0 Å². The fraction of sp³-hybridized carbons (Fsp3) is 0.400. The van der Waals surface area contributed by atoms with Gasteiger partial charge in [0.2, 0.25) is 5.91 Å². The van der Waals surface area contributed by atoms with Gasteiger partial charge in [0, 0.05) is 25.2 Å². The van der Waals surface area contributed by atoms with Gasteiger partial charge in [0.1, 0.15) is 17.4 Å². The van der Waals surface area contributed by atoms with Crippen LogP contribution < -0.4 is 5.32 Å². The van der Waals surface area contributed by atoms with E-state index in [2.05, 4.69) is 10.3 Å². The number of nitrogens with zero attached hydrogens (tertiary/aromatic N) is 1. The van der Waals surface area contributed by atoms with Crippen molar-refractivity contribution in [2.45, 2.75) is 19.1 Å². The number of hydrogen-bond donors (Lipinski definition) is 3. The number of carbonyl (C=O) groups is 1. The van der Waals surface area contributed by atoms with Crippen LogP contribution in [-0.2, 0) is 4.79 Å². The van der Waals surface area contributed by atoms with Crippen LogP contribution in [0, 0.1) is 0 Å². The molecule has 0 radical (unpaired) electrons. The Morgan fingerprint density at radius 3 is 2.88 bits per heavy atom. The number of aliphatic hydroxyl groups is 2. The zero-order valence-electron chi connectivity index (χ0n) is 8.72. The molecule has 1 heterocycles. The van der Waals surface area contributed by atoms with E-state index in [4.69, 9.17) is 11.6 Å². The molecule has 0 fully saturated rings. The summed E-state index contributed by atoms with van der Waals surface area (Å²) in [6, 6.07) is 3.17. The number of pyridine rings is 1. The van der Waals surface area contributed by atoms with Gasteiger partial charge in [-0.05, 0) is 6.07 Å². The van der Waals surface area contributed by atoms with Crippen molar-refractivity contribution in [3.05, 3.63) is 29.0 Å². The van der Waals surface area contributed by atoms with Crippen molar-refractivity contribution in [1.82, 2.24) is 10.3 Å². The van der Waals surface area contributed by atoms with Crippen molar-refractivity contribution < 1.29 is 15.0 Å². The van der Waals surface area contributed by atoms with E-state index in [1.807, 2.05) is 0 Å². The maximum absolute atomic E-state index is 10.6. The molecule has 0 bridgehead atoms. The number of amides is 1. The van der Waals surface area contributed by atoms with Gasteiger partial charge in [-0.25, -0.2) is 4.98 Å². The van der Waals surface area contributed by atoms with Crippen LogP contribution in [0.25, 0.3) is 0 Å². The maximum Gasteiger partial charge on any atom is 0.216 e. The van der Waals surface area contributed by atoms with Gasteiger partial charge >= 0.3 is 0 Å². The van der Waals surface area contributed by atoms with Crippen LogP contribution in [0.4, 0.5) is 0 Å². The van der Waals surface area contributed by atoms with E-state index in [1.54, 1.807) is 12.1 Å². The highest BCUT2D eigenvalue weighted by Crippen LogP contribution is 2.22. The van der Waals surface area contributed by atoms with Crippen LogP contribution in [-0.4, -0.2) is 33.8 Å². The lowest BCUT2D eigenvalue weighted by Gasteiger charge is -2.18. The minimum atomic E-state index is -1.17. The Kier molecular flexibility index (Phi) is 4.67. The van der Waals surface area contributed by atoms with Gasteiger partial charge in [-0.2, -0.15) is 0 Å². The first-order valence-corrected chi connectivity index (χ1v) is 5.11. The summed E-state index contributed by atoms with van der Waals surface area (Å²) in [7, 11) is 0. The summed E-state index contributed by atoms with van der Waals surface area (Å²) in [6.07, 6.45) is -0.808. The molecule has 0 saturated carbocycles. The fourth-order valence-corrected chi connectivity index (χ4v) is 1.42. The van der Waals surface area contributed by atoms with Crippen LogP contribution in [0.5, 0.6) is 0 Å². The molecule has 1 aromatic heterocycles. The molecular formula is C10H13ClN2O3. The van der Waals surface area contributed by atoms with Gasteiger partial charge < -0.3 is 15.5 Å². The van der Waals surface area contributed by atoms with Gasteiger partial charge in [-0.15, -0.1) is 0 Å². The Labute approximate surface area is 98.1 Å². The van der Waals surface area contributed by atoms with E-state index in [-0.39, 0.29) is 17.6 Å². The first-order valence-electron chi connectivity index (χ1n) is 4.73. The number of nitrogens with one attached hydrogen (secondary N) is 1. The Bertz CT molecular complexity index is 373. The van der Waals surface area contributed by atoms with Crippen molar-refractivity contribution in [2.75, 3.05) is 6.54 Å². The molecule has 0 saturated heterocycles. The minimum absolute atomic E-state index is 0.0400. The first kappa shape index (κ1) is 12.9. The molecule has 16 heavy (non-hydrogen) atoms. The van der Waals surface area contributed by atoms with E-state index >= 15 is 0 Å². The monoisotopic (exact) mass is 244 g/mol. The fourth-order valence-electron chi connectivity index (χ4n) is 1.19. The van der Waals surface area contributed by atoms with Crippen molar-refractivity contribution in [3.63, 3.8) is 0 Å². The normalized spacial score (nSPS) is 14.2. The van der Waals surface area contributed by atoms with Gasteiger partial charge in [0.05, 0.1) is 0 Å². The summed E-state index contributed by atoms with van der Waals surface area (Å²) in [5, 5.41) is 21.9. The third-order valence-corrected chi connectivity index (χ3v) is 2.35. The van der Waals surface area contributed by atoms with Crippen LogP contribution in [0.1, 0.15) is 18.6 Å². The summed E-state index contributed by atoms with van der Waals surface area (Å²) < 4.78 is 0. The molecule has 0 aromatic carbocycles. The van der Waals surface area contributed by atoms with E-state index < -0.39 is 12.2 Å². The Morgan fingerprint density at radius 1 is 1.62 bits per heavy atom. The number of halogens is 1. The van der Waals surface area contributed by atoms with E-state index in [1.165, 1.54) is 13.1 Å². The quantitative estimate of drug-likeness (QED) is 0.664. The molecule has 6 heteroatoms. The molecule has 0 aliphatic heterocycles. The smallest absolute Gasteiger partial charge is 0.216 e. The Balaban J connectivity index is 2.66. The molecule has 2 unspecified atom stereocenters. The van der Waals surface area contributed by atoms with Gasteiger partial charge in [0.25, 0.3) is 0 Å². The van der Waals surface area contributed by atoms with Crippen LogP contribution >= 0.6 is 11.6 Å². The molecule has 3 N–H and O–H groups in total. The standard InChI is InChI=1S/C10H13ClN2O3/c1-6(14)13-5-8(15)9(16)7-3-2-4-12-10(7)11/h2-4,8-9,15-16H,5H2,1H3,(H,13,14). The molecule has 88 valence electrons. The van der Waals surface area contributed by atoms with Gasteiger partial charge in [-0.3, -0.25) is 4.79 Å². The molecule has 2 atom stereocenters. The molecule has 0 aliphatic rings. The minimum Gasteiger partial charge on any atom is -0.388 e. The predicted molar refractivity (Wildman–Crippen MR) is 58.9 cm³/mol. The van der Waals surface area contributed by atoms with Gasteiger partial charge in [0.15, 0.2) is 0 Å². The summed E-state index contributed by atoms with van der Waals surface area (Å²) in [5.41, 5.74) is 0.335. The van der Waals surface area contributed by atoms with Crippen molar-refractivity contribution in [1.29, 1.82) is 0 Å². The highest BCUT2D eigenvalue weighted by molar-refractivity contribution is 6.30. The second-order valence-corrected chi connectivity index (χ2v) is 3.69. The predicted octanol–water partition coefficient (Wildman–Crippen LogP) is 0.265. The average Bonchev–Trinajstić information content (AvgIpc) is 2.25. The van der Waals surface area contributed by atoms with Crippen molar-refractivity contribution in [3.8, 4) is 0 Å². The SMILES string of the molecule is CC(=O)NCC(O)C(O)c1cccnc1Cl. The second kappa shape index (κ2) is 5.79. The Hall–Kier alpha value is -1.17. The molecule has 0 spiro atoms. The summed E-state index contributed by atoms with van der Waals surface area (Å²) >= 11 is 5.76. The van der Waals surface area contributed by atoms with Crippen molar-refractivity contribution >= 4 is 17.5 Å². The third-order valence-electron chi connectivity index (χ3n) is 2.03. The summed E-state index contributed by atoms with van der Waals surface area (Å²) in [4.78, 5) is 14.4. The lowest BCUT2D eigenvalue weighted by Crippen LogP contribution is -2.34. The van der Waals surface area contributed by atoms with Gasteiger partial charge in [-0.1, -0.05) is 17.7 Å². The summed E-state index contributed by atoms with van der Waals surface area (Å²) in [5.74, 6) is -0.275. The maximum atomic E-state index is 10.6. The molecule has 1 rings (SSSR count). The highest BCUT2D eigenvalue weighted by atomic mass is 35.5. The average molecular weight is 245 g/mol. The second-order valence-electron chi connectivity index (χ2n) is 3.33. The molecule has 5 nitrogen and oxygen atoms in total. The largest absolute Gasteiger partial charge is 0.388 e. The molecule has 0 aliphatic carbocycles. The number of aliphatic hydroxyl groups excluding tert-OH is 2. The zero-order chi connectivity index (χ0) is 12.1. The van der Waals surface area contributed by atoms with Crippen LogP contribution in [0.3, 0.4) is 0 Å². The number of hydrogen-bond acceptors (Lipinski definition) is 4. The summed E-state index contributed by atoms with van der Waals surface area (Å²) in [6.45, 7) is 1.29. The number of carbonyl (C=O) groups excluding carboxylic acids is 1. The first-order chi connectivity index (χ1) is 7.52. The molecular weight excluding hydrogens is 232 g/mol. The topological polar surface area (TPSA) is 82.5 Å². The Morgan fingerprint density at radius 2 is 2.31 bits per heavy atom. The zero-order valence-corrected chi connectivity index (χ0v) is 9.48.